The summed E-state index contributed by atoms with van der Waals surface area (Å²) in [6.07, 6.45) is 1.01. The van der Waals surface area contributed by atoms with Crippen LogP contribution in [0.5, 0.6) is 0 Å². The highest BCUT2D eigenvalue weighted by Gasteiger charge is 2.20. The largest absolute Gasteiger partial charge is 0.355 e. The molecule has 2 rings (SSSR count). The third-order valence-corrected chi connectivity index (χ3v) is 5.14. The summed E-state index contributed by atoms with van der Waals surface area (Å²) in [6, 6.07) is 16.0. The highest BCUT2D eigenvalue weighted by Crippen LogP contribution is 2.22. The van der Waals surface area contributed by atoms with E-state index in [9.17, 15) is 9.59 Å². The fourth-order valence-corrected chi connectivity index (χ4v) is 3.42. The molecule has 2 aromatic rings. The molecule has 0 spiro atoms. The first-order valence-corrected chi connectivity index (χ1v) is 10.3. The van der Waals surface area contributed by atoms with Crippen molar-refractivity contribution in [3.8, 4) is 0 Å². The highest BCUT2D eigenvalue weighted by molar-refractivity contribution is 5.93. The van der Waals surface area contributed by atoms with Crippen LogP contribution in [0.3, 0.4) is 0 Å². The summed E-state index contributed by atoms with van der Waals surface area (Å²) in [6.45, 7) is 7.51. The molecule has 2 atom stereocenters. The number of rotatable bonds is 9. The molecule has 0 aromatic heterocycles. The number of likely N-dealkylation sites (N-methyl/N-ethyl adjacent to an activating group) is 1. The molecular weight excluding hydrogens is 362 g/mol. The summed E-state index contributed by atoms with van der Waals surface area (Å²) >= 11 is 0. The van der Waals surface area contributed by atoms with Gasteiger partial charge in [-0.2, -0.15) is 0 Å². The van der Waals surface area contributed by atoms with Crippen molar-refractivity contribution >= 4 is 11.8 Å². The molecule has 5 heteroatoms. The smallest absolute Gasteiger partial charge is 0.275 e. The second-order valence-corrected chi connectivity index (χ2v) is 7.97. The minimum Gasteiger partial charge on any atom is -0.355 e. The zero-order valence-corrected chi connectivity index (χ0v) is 18.2. The Morgan fingerprint density at radius 1 is 0.966 bits per heavy atom. The van der Waals surface area contributed by atoms with Gasteiger partial charge in [0.25, 0.3) is 11.8 Å². The van der Waals surface area contributed by atoms with Crippen molar-refractivity contribution in [2.75, 3.05) is 20.6 Å². The van der Waals surface area contributed by atoms with E-state index in [0.29, 0.717) is 18.0 Å². The number of hydrogen-bond donors (Lipinski definition) is 3. The molecule has 1 unspecified atom stereocenters. The van der Waals surface area contributed by atoms with E-state index in [1.165, 1.54) is 5.56 Å². The number of carbonyl (C=O) groups is 2. The van der Waals surface area contributed by atoms with Crippen molar-refractivity contribution in [2.24, 2.45) is 5.92 Å². The lowest BCUT2D eigenvalue weighted by Crippen LogP contribution is -3.08. The number of hydrogen-bond acceptors (Lipinski definition) is 2. The second-order valence-electron chi connectivity index (χ2n) is 7.97. The maximum atomic E-state index is 12.7. The molecule has 0 bridgehead atoms. The van der Waals surface area contributed by atoms with Crippen molar-refractivity contribution in [3.63, 3.8) is 0 Å². The van der Waals surface area contributed by atoms with Crippen LogP contribution in [-0.4, -0.2) is 32.5 Å². The van der Waals surface area contributed by atoms with Crippen molar-refractivity contribution in [3.05, 3.63) is 70.8 Å². The van der Waals surface area contributed by atoms with Crippen LogP contribution in [0.1, 0.15) is 53.9 Å². The van der Waals surface area contributed by atoms with Gasteiger partial charge < -0.3 is 15.5 Å². The number of quaternary nitrogens is 1. The Kier molecular flexibility index (Phi) is 8.40. The summed E-state index contributed by atoms with van der Waals surface area (Å²) in [5.74, 6) is 0.259. The summed E-state index contributed by atoms with van der Waals surface area (Å²) in [5.41, 5.74) is 4.18. The molecule has 0 saturated heterocycles. The lowest BCUT2D eigenvalue weighted by molar-refractivity contribution is -0.885. The molecule has 156 valence electrons. The summed E-state index contributed by atoms with van der Waals surface area (Å²) in [4.78, 5) is 25.4. The lowest BCUT2D eigenvalue weighted by atomic mass is 9.95. The van der Waals surface area contributed by atoms with Gasteiger partial charge in [0.05, 0.1) is 13.1 Å². The topological polar surface area (TPSA) is 62.6 Å². The van der Waals surface area contributed by atoms with Gasteiger partial charge in [-0.25, -0.2) is 0 Å². The molecule has 2 aromatic carbocycles. The van der Waals surface area contributed by atoms with Crippen LogP contribution in [0.2, 0.25) is 0 Å². The van der Waals surface area contributed by atoms with Crippen LogP contribution < -0.4 is 15.5 Å². The van der Waals surface area contributed by atoms with Gasteiger partial charge in [0.15, 0.2) is 6.54 Å². The van der Waals surface area contributed by atoms with Crippen LogP contribution >= 0.6 is 0 Å². The third kappa shape index (κ3) is 6.71. The number of benzene rings is 2. The molecule has 29 heavy (non-hydrogen) atoms. The number of carbonyl (C=O) groups excluding carboxylic acids is 2. The molecule has 0 aliphatic rings. The Bertz CT molecular complexity index is 798. The number of aryl methyl sites for hydroxylation is 1. The normalized spacial score (nSPS) is 13.0. The summed E-state index contributed by atoms with van der Waals surface area (Å²) in [5, 5.41) is 5.82. The first-order chi connectivity index (χ1) is 13.8. The molecule has 0 aliphatic heterocycles. The fourth-order valence-electron chi connectivity index (χ4n) is 3.42. The Labute approximate surface area is 174 Å². The van der Waals surface area contributed by atoms with Crippen molar-refractivity contribution in [1.29, 1.82) is 0 Å². The van der Waals surface area contributed by atoms with E-state index >= 15 is 0 Å². The highest BCUT2D eigenvalue weighted by atomic mass is 16.2. The Hall–Kier alpha value is -2.66. The van der Waals surface area contributed by atoms with E-state index in [1.807, 2.05) is 31.3 Å². The molecule has 5 nitrogen and oxygen atoms in total. The average molecular weight is 397 g/mol. The number of nitrogens with one attached hydrogen (secondary N) is 3. The molecule has 2 amide bonds. The third-order valence-electron chi connectivity index (χ3n) is 5.14. The van der Waals surface area contributed by atoms with Crippen molar-refractivity contribution < 1.29 is 14.5 Å². The quantitative estimate of drug-likeness (QED) is 0.608. The van der Waals surface area contributed by atoms with Gasteiger partial charge in [-0.05, 0) is 35.6 Å². The van der Waals surface area contributed by atoms with E-state index in [-0.39, 0.29) is 17.9 Å². The van der Waals surface area contributed by atoms with E-state index < -0.39 is 0 Å². The predicted molar refractivity (Wildman–Crippen MR) is 117 cm³/mol. The van der Waals surface area contributed by atoms with Crippen LogP contribution in [0.15, 0.2) is 48.5 Å². The molecule has 0 radical (unpaired) electrons. The van der Waals surface area contributed by atoms with Gasteiger partial charge in [0.1, 0.15) is 6.54 Å². The molecule has 0 heterocycles. The molecular formula is C24H34N3O2+. The molecule has 0 fully saturated rings. The molecule has 0 aliphatic carbocycles. The van der Waals surface area contributed by atoms with E-state index in [0.717, 1.165) is 29.0 Å². The van der Waals surface area contributed by atoms with Crippen LogP contribution in [0.4, 0.5) is 0 Å². The Balaban J connectivity index is 1.94. The van der Waals surface area contributed by atoms with E-state index in [2.05, 4.69) is 55.7 Å². The van der Waals surface area contributed by atoms with E-state index in [4.69, 9.17) is 0 Å². The lowest BCUT2D eigenvalue weighted by Gasteiger charge is -2.24. The average Bonchev–Trinajstić information content (AvgIpc) is 2.71. The van der Waals surface area contributed by atoms with Gasteiger partial charge in [-0.15, -0.1) is 0 Å². The zero-order valence-electron chi connectivity index (χ0n) is 18.2. The predicted octanol–water partition coefficient (Wildman–Crippen LogP) is 2.14. The van der Waals surface area contributed by atoms with Gasteiger partial charge in [-0.3, -0.25) is 9.59 Å². The SMILES string of the molecule is CCc1ccc([C@@H](NC(=O)C[NH+](C)Cc2ccc(C(=O)NC)cc2)C(C)C)cc1. The number of amides is 2. The van der Waals surface area contributed by atoms with Crippen molar-refractivity contribution in [2.45, 2.75) is 39.8 Å². The van der Waals surface area contributed by atoms with Crippen LogP contribution in [-0.2, 0) is 17.8 Å². The van der Waals surface area contributed by atoms with Crippen molar-refractivity contribution in [1.82, 2.24) is 10.6 Å². The summed E-state index contributed by atoms with van der Waals surface area (Å²) in [7, 11) is 3.63. The summed E-state index contributed by atoms with van der Waals surface area (Å²) < 4.78 is 0. The first kappa shape index (κ1) is 22.6. The molecule has 0 saturated carbocycles. The van der Waals surface area contributed by atoms with Gasteiger partial charge in [0, 0.05) is 18.2 Å². The first-order valence-electron chi connectivity index (χ1n) is 10.3. The van der Waals surface area contributed by atoms with Gasteiger partial charge in [-0.1, -0.05) is 57.2 Å². The minimum absolute atomic E-state index is 0.00745. The van der Waals surface area contributed by atoms with Gasteiger partial charge >= 0.3 is 0 Å². The maximum absolute atomic E-state index is 12.7. The monoisotopic (exact) mass is 396 g/mol. The molecule has 3 N–H and O–H groups in total. The van der Waals surface area contributed by atoms with Gasteiger partial charge in [0.2, 0.25) is 0 Å². The second kappa shape index (κ2) is 10.8. The standard InChI is InChI=1S/C24H33N3O2/c1-6-18-7-11-20(12-8-18)23(17(2)3)26-22(28)16-27(5)15-19-9-13-21(14-10-19)24(29)25-4/h7-14,17,23H,6,15-16H2,1-5H3,(H,25,29)(H,26,28)/p+1/t23-/m0/s1. The Morgan fingerprint density at radius 3 is 2.07 bits per heavy atom. The van der Waals surface area contributed by atoms with Crippen LogP contribution in [0, 0.1) is 5.92 Å². The van der Waals surface area contributed by atoms with E-state index in [1.54, 1.807) is 7.05 Å². The maximum Gasteiger partial charge on any atom is 0.275 e. The van der Waals surface area contributed by atoms with Crippen LogP contribution in [0.25, 0.3) is 0 Å². The zero-order chi connectivity index (χ0) is 21.4. The fraction of sp³-hybridized carbons (Fsp3) is 0.417. The minimum atomic E-state index is -0.0941. The Morgan fingerprint density at radius 2 is 1.55 bits per heavy atom.